The number of aliphatic carboxylic acids is 1. The van der Waals surface area contributed by atoms with Crippen LogP contribution in [0.25, 0.3) is 0 Å². The largest absolute Gasteiger partial charge is 0.480 e. The Balaban J connectivity index is 2.32. The Hall–Kier alpha value is -0.260. The minimum Gasteiger partial charge on any atom is -0.480 e. The van der Waals surface area contributed by atoms with Crippen molar-refractivity contribution in [1.29, 1.82) is 0 Å². The summed E-state index contributed by atoms with van der Waals surface area (Å²) in [6.45, 7) is 9.05. The van der Waals surface area contributed by atoms with Crippen LogP contribution in [0, 0.1) is 5.92 Å². The molecule has 15 heavy (non-hydrogen) atoms. The Kier molecular flexibility index (Phi) is 4.89. The van der Waals surface area contributed by atoms with E-state index in [1.165, 1.54) is 0 Å². The number of rotatable bonds is 4. The van der Waals surface area contributed by atoms with Crippen molar-refractivity contribution in [3.8, 4) is 0 Å². The third kappa shape index (κ3) is 4.01. The fourth-order valence-electron chi connectivity index (χ4n) is 1.54. The maximum Gasteiger partial charge on any atom is 0.320 e. The zero-order valence-electron chi connectivity index (χ0n) is 9.64. The van der Waals surface area contributed by atoms with E-state index in [0.29, 0.717) is 5.92 Å². The lowest BCUT2D eigenvalue weighted by atomic mass is 10.2. The number of carbonyl (C=O) groups is 1. The Labute approximate surface area is 95.8 Å². The lowest BCUT2D eigenvalue weighted by Crippen LogP contribution is -2.47. The predicted octanol–water partition coefficient (Wildman–Crippen LogP) is 1.34. The Morgan fingerprint density at radius 1 is 1.40 bits per heavy atom. The smallest absolute Gasteiger partial charge is 0.320 e. The minimum atomic E-state index is -0.729. The first-order chi connectivity index (χ1) is 7.00. The number of hydrogen-bond donors (Lipinski definition) is 1. The van der Waals surface area contributed by atoms with Crippen LogP contribution >= 0.6 is 11.9 Å². The van der Waals surface area contributed by atoms with Crippen LogP contribution in [0.5, 0.6) is 0 Å². The highest BCUT2D eigenvalue weighted by Gasteiger charge is 2.25. The molecule has 0 saturated carbocycles. The molecule has 1 fully saturated rings. The molecule has 1 rings (SSSR count). The van der Waals surface area contributed by atoms with E-state index in [4.69, 9.17) is 5.11 Å². The summed E-state index contributed by atoms with van der Waals surface area (Å²) in [6, 6.07) is -0.362. The molecule has 0 aliphatic carbocycles. The lowest BCUT2D eigenvalue weighted by Gasteiger charge is -2.36. The van der Waals surface area contributed by atoms with Gasteiger partial charge in [-0.15, -0.1) is 0 Å². The first-order valence-corrected chi connectivity index (χ1v) is 6.29. The molecule has 0 aromatic rings. The van der Waals surface area contributed by atoms with Crippen molar-refractivity contribution >= 4 is 17.9 Å². The second kappa shape index (κ2) is 5.72. The van der Waals surface area contributed by atoms with Gasteiger partial charge in [0.1, 0.15) is 6.04 Å². The molecule has 1 unspecified atom stereocenters. The number of hydrogen-bond acceptors (Lipinski definition) is 4. The third-order valence-corrected chi connectivity index (χ3v) is 3.66. The average Bonchev–Trinajstić information content (AvgIpc) is 2.17. The van der Waals surface area contributed by atoms with E-state index in [0.717, 1.165) is 25.5 Å². The summed E-state index contributed by atoms with van der Waals surface area (Å²) in [6.07, 6.45) is 0. The van der Waals surface area contributed by atoms with E-state index in [1.54, 1.807) is 18.9 Å². The van der Waals surface area contributed by atoms with Crippen molar-refractivity contribution in [3.05, 3.63) is 0 Å². The van der Waals surface area contributed by atoms with Crippen molar-refractivity contribution in [3.63, 3.8) is 0 Å². The molecule has 1 heterocycles. The summed E-state index contributed by atoms with van der Waals surface area (Å²) in [5, 5.41) is 8.88. The maximum atomic E-state index is 10.8. The first kappa shape index (κ1) is 12.8. The van der Waals surface area contributed by atoms with Gasteiger partial charge in [0.2, 0.25) is 0 Å². The molecular formula is C10H20N2O2S. The van der Waals surface area contributed by atoms with Crippen LogP contribution in [0.1, 0.15) is 20.8 Å². The second-order valence-corrected chi connectivity index (χ2v) is 5.40. The molecule has 0 spiro atoms. The van der Waals surface area contributed by atoms with Gasteiger partial charge in [-0.2, -0.15) is 0 Å². The van der Waals surface area contributed by atoms with E-state index in [1.807, 2.05) is 4.90 Å². The van der Waals surface area contributed by atoms with E-state index < -0.39 is 5.97 Å². The molecule has 1 saturated heterocycles. The standard InChI is InChI=1S/C10H20N2O2S/c1-8(2)6-12-5-4-11(7-15-12)9(3)10(13)14/h8-9H,4-7H2,1-3H3,(H,13,14). The second-order valence-electron chi connectivity index (χ2n) is 4.37. The van der Waals surface area contributed by atoms with Crippen LogP contribution in [-0.4, -0.2) is 51.8 Å². The van der Waals surface area contributed by atoms with Crippen molar-refractivity contribution in [1.82, 2.24) is 9.21 Å². The van der Waals surface area contributed by atoms with Gasteiger partial charge in [0.15, 0.2) is 0 Å². The highest BCUT2D eigenvalue weighted by molar-refractivity contribution is 7.97. The Bertz CT molecular complexity index is 215. The molecular weight excluding hydrogens is 212 g/mol. The van der Waals surface area contributed by atoms with Crippen LogP contribution < -0.4 is 0 Å². The average molecular weight is 232 g/mol. The quantitative estimate of drug-likeness (QED) is 0.741. The predicted molar refractivity (Wildman–Crippen MR) is 62.7 cm³/mol. The zero-order chi connectivity index (χ0) is 11.4. The Morgan fingerprint density at radius 3 is 2.47 bits per heavy atom. The summed E-state index contributed by atoms with van der Waals surface area (Å²) in [4.78, 5) is 12.8. The first-order valence-electron chi connectivity index (χ1n) is 5.35. The van der Waals surface area contributed by atoms with Crippen molar-refractivity contribution in [2.45, 2.75) is 26.8 Å². The molecule has 0 aromatic heterocycles. The van der Waals surface area contributed by atoms with E-state index >= 15 is 0 Å². The monoisotopic (exact) mass is 232 g/mol. The van der Waals surface area contributed by atoms with Crippen LogP contribution in [0.15, 0.2) is 0 Å². The number of carboxylic acid groups (broad SMARTS) is 1. The molecule has 5 heteroatoms. The third-order valence-electron chi connectivity index (χ3n) is 2.52. The molecule has 4 nitrogen and oxygen atoms in total. The van der Waals surface area contributed by atoms with Crippen molar-refractivity contribution in [2.75, 3.05) is 25.5 Å². The topological polar surface area (TPSA) is 43.8 Å². The summed E-state index contributed by atoms with van der Waals surface area (Å²) in [7, 11) is 0. The Morgan fingerprint density at radius 2 is 2.07 bits per heavy atom. The molecule has 1 atom stereocenters. The molecule has 0 radical (unpaired) electrons. The summed E-state index contributed by atoms with van der Waals surface area (Å²) in [5.74, 6) is 0.731. The molecule has 1 aliphatic rings. The SMILES string of the molecule is CC(C)CN1CCN(C(C)C(=O)O)CS1. The summed E-state index contributed by atoms with van der Waals surface area (Å²) < 4.78 is 2.33. The van der Waals surface area contributed by atoms with E-state index in [-0.39, 0.29) is 6.04 Å². The molecule has 1 aliphatic heterocycles. The number of carboxylic acids is 1. The van der Waals surface area contributed by atoms with Gasteiger partial charge in [0, 0.05) is 19.6 Å². The van der Waals surface area contributed by atoms with Crippen LogP contribution in [0.3, 0.4) is 0 Å². The van der Waals surface area contributed by atoms with Gasteiger partial charge in [-0.1, -0.05) is 25.8 Å². The molecule has 88 valence electrons. The van der Waals surface area contributed by atoms with Crippen molar-refractivity contribution < 1.29 is 9.90 Å². The molecule has 0 amide bonds. The maximum absolute atomic E-state index is 10.8. The summed E-state index contributed by atoms with van der Waals surface area (Å²) >= 11 is 1.74. The van der Waals surface area contributed by atoms with Gasteiger partial charge in [-0.05, 0) is 12.8 Å². The number of nitrogens with zero attached hydrogens (tertiary/aromatic N) is 2. The minimum absolute atomic E-state index is 0.362. The van der Waals surface area contributed by atoms with E-state index in [9.17, 15) is 4.79 Å². The lowest BCUT2D eigenvalue weighted by molar-refractivity contribution is -0.142. The van der Waals surface area contributed by atoms with Gasteiger partial charge in [0.05, 0.1) is 5.88 Å². The fourth-order valence-corrected chi connectivity index (χ4v) is 2.82. The van der Waals surface area contributed by atoms with Crippen LogP contribution in [-0.2, 0) is 4.79 Å². The fraction of sp³-hybridized carbons (Fsp3) is 0.900. The highest BCUT2D eigenvalue weighted by atomic mass is 32.2. The van der Waals surface area contributed by atoms with Crippen molar-refractivity contribution in [2.24, 2.45) is 5.92 Å². The van der Waals surface area contributed by atoms with Crippen LogP contribution in [0.2, 0.25) is 0 Å². The summed E-state index contributed by atoms with van der Waals surface area (Å²) in [5.41, 5.74) is 0. The molecule has 0 bridgehead atoms. The van der Waals surface area contributed by atoms with Gasteiger partial charge in [-0.3, -0.25) is 9.69 Å². The van der Waals surface area contributed by atoms with Gasteiger partial charge < -0.3 is 5.11 Å². The van der Waals surface area contributed by atoms with Gasteiger partial charge in [0.25, 0.3) is 0 Å². The van der Waals surface area contributed by atoms with Gasteiger partial charge >= 0.3 is 5.97 Å². The zero-order valence-corrected chi connectivity index (χ0v) is 10.5. The molecule has 0 aromatic carbocycles. The highest BCUT2D eigenvalue weighted by Crippen LogP contribution is 2.20. The van der Waals surface area contributed by atoms with Crippen LogP contribution in [0.4, 0.5) is 0 Å². The normalized spacial score (nSPS) is 21.9. The van der Waals surface area contributed by atoms with E-state index in [2.05, 4.69) is 18.2 Å². The molecule has 1 N–H and O–H groups in total. The van der Waals surface area contributed by atoms with Gasteiger partial charge in [-0.25, -0.2) is 4.31 Å².